The predicted molar refractivity (Wildman–Crippen MR) is 85.5 cm³/mol. The highest BCUT2D eigenvalue weighted by atomic mass is 32.2. The summed E-state index contributed by atoms with van der Waals surface area (Å²) in [5.41, 5.74) is 8.19. The van der Waals surface area contributed by atoms with Gasteiger partial charge in [0.2, 0.25) is 5.95 Å². The van der Waals surface area contributed by atoms with Gasteiger partial charge in [0, 0.05) is 11.3 Å². The van der Waals surface area contributed by atoms with E-state index in [1.165, 1.54) is 19.3 Å². The van der Waals surface area contributed by atoms with Crippen molar-refractivity contribution in [2.24, 2.45) is 0 Å². The van der Waals surface area contributed by atoms with E-state index in [0.29, 0.717) is 23.8 Å². The highest BCUT2D eigenvalue weighted by Gasteiger charge is 2.30. The minimum Gasteiger partial charge on any atom is -0.492 e. The monoisotopic (exact) mass is 291 g/mol. The summed E-state index contributed by atoms with van der Waals surface area (Å²) in [6, 6.07) is 6.53. The van der Waals surface area contributed by atoms with Gasteiger partial charge in [0.15, 0.2) is 0 Å². The normalized spacial score (nSPS) is 22.5. The van der Waals surface area contributed by atoms with E-state index in [-0.39, 0.29) is 0 Å². The summed E-state index contributed by atoms with van der Waals surface area (Å²) in [5.74, 6) is 1.44. The lowest BCUT2D eigenvalue weighted by atomic mass is 10.2. The molecule has 0 radical (unpaired) electrons. The molecular formula is C15H21N3OS. The van der Waals surface area contributed by atoms with Gasteiger partial charge in [-0.05, 0) is 38.2 Å². The van der Waals surface area contributed by atoms with Gasteiger partial charge in [-0.1, -0.05) is 12.5 Å². The van der Waals surface area contributed by atoms with E-state index in [1.807, 2.05) is 30.8 Å². The lowest BCUT2D eigenvalue weighted by Gasteiger charge is -2.21. The molecule has 1 heterocycles. The number of thioether (sulfide) groups is 1. The predicted octanol–water partition coefficient (Wildman–Crippen LogP) is 3.47. The first-order chi connectivity index (χ1) is 9.76. The van der Waals surface area contributed by atoms with Crippen molar-refractivity contribution < 1.29 is 4.74 Å². The highest BCUT2D eigenvalue weighted by Crippen LogP contribution is 2.41. The molecule has 1 fully saturated rings. The van der Waals surface area contributed by atoms with Gasteiger partial charge >= 0.3 is 0 Å². The Bertz CT molecular complexity index is 610. The molecular weight excluding hydrogens is 270 g/mol. The Morgan fingerprint density at radius 1 is 1.45 bits per heavy atom. The van der Waals surface area contributed by atoms with E-state index >= 15 is 0 Å². The molecule has 108 valence electrons. The number of benzene rings is 1. The first-order valence-corrected chi connectivity index (χ1v) is 8.47. The second-order valence-electron chi connectivity index (χ2n) is 5.17. The van der Waals surface area contributed by atoms with Crippen LogP contribution in [0, 0.1) is 0 Å². The fourth-order valence-corrected chi connectivity index (χ4v) is 4.18. The van der Waals surface area contributed by atoms with Crippen molar-refractivity contribution in [1.82, 2.24) is 9.55 Å². The number of anilines is 1. The number of ether oxygens (including phenoxy) is 1. The van der Waals surface area contributed by atoms with E-state index < -0.39 is 0 Å². The molecule has 1 aromatic carbocycles. The van der Waals surface area contributed by atoms with Crippen LogP contribution in [0.1, 0.15) is 32.2 Å². The number of imidazole rings is 1. The molecule has 1 aliphatic rings. The van der Waals surface area contributed by atoms with Crippen LogP contribution in [0.2, 0.25) is 0 Å². The van der Waals surface area contributed by atoms with Gasteiger partial charge < -0.3 is 15.0 Å². The Labute approximate surface area is 123 Å². The summed E-state index contributed by atoms with van der Waals surface area (Å²) >= 11 is 1.94. The number of hydrogen-bond donors (Lipinski definition) is 1. The van der Waals surface area contributed by atoms with Crippen molar-refractivity contribution >= 4 is 28.7 Å². The van der Waals surface area contributed by atoms with Gasteiger partial charge in [-0.3, -0.25) is 0 Å². The molecule has 0 aliphatic heterocycles. The minimum atomic E-state index is 0.451. The fraction of sp³-hybridized carbons (Fsp3) is 0.533. The van der Waals surface area contributed by atoms with Gasteiger partial charge in [-0.2, -0.15) is 11.8 Å². The Balaban J connectivity index is 2.11. The average Bonchev–Trinajstić information content (AvgIpc) is 3.02. The molecule has 5 heteroatoms. The van der Waals surface area contributed by atoms with Crippen molar-refractivity contribution in [2.75, 3.05) is 18.6 Å². The maximum Gasteiger partial charge on any atom is 0.201 e. The van der Waals surface area contributed by atoms with Crippen molar-refractivity contribution in [1.29, 1.82) is 0 Å². The van der Waals surface area contributed by atoms with E-state index in [2.05, 4.69) is 21.9 Å². The van der Waals surface area contributed by atoms with Crippen LogP contribution in [-0.4, -0.2) is 27.7 Å². The van der Waals surface area contributed by atoms with E-state index in [9.17, 15) is 0 Å². The molecule has 3 rings (SSSR count). The standard InChI is InChI=1S/C15H21N3OS/c1-3-19-12-8-4-7-11-14(12)17-15(16)18(11)10-6-5-9-13(10)20-2/h4,7-8,10,13H,3,5-6,9H2,1-2H3,(H2,16,17). The van der Waals surface area contributed by atoms with E-state index in [1.54, 1.807) is 0 Å². The summed E-state index contributed by atoms with van der Waals surface area (Å²) in [6.07, 6.45) is 5.89. The van der Waals surface area contributed by atoms with Gasteiger partial charge in [-0.25, -0.2) is 4.98 Å². The summed E-state index contributed by atoms with van der Waals surface area (Å²) in [4.78, 5) is 4.55. The van der Waals surface area contributed by atoms with Crippen LogP contribution >= 0.6 is 11.8 Å². The summed E-state index contributed by atoms with van der Waals surface area (Å²) in [5, 5.41) is 0.630. The van der Waals surface area contributed by atoms with Crippen LogP contribution < -0.4 is 10.5 Å². The SMILES string of the molecule is CCOc1cccc2c1nc(N)n2C1CCCC1SC. The second-order valence-corrected chi connectivity index (χ2v) is 6.25. The molecule has 20 heavy (non-hydrogen) atoms. The van der Waals surface area contributed by atoms with E-state index in [4.69, 9.17) is 10.5 Å². The average molecular weight is 291 g/mol. The maximum absolute atomic E-state index is 6.20. The Morgan fingerprint density at radius 2 is 2.30 bits per heavy atom. The Morgan fingerprint density at radius 3 is 3.05 bits per heavy atom. The molecule has 0 spiro atoms. The van der Waals surface area contributed by atoms with Crippen molar-refractivity contribution in [3.63, 3.8) is 0 Å². The van der Waals surface area contributed by atoms with Crippen LogP contribution in [0.5, 0.6) is 5.75 Å². The minimum absolute atomic E-state index is 0.451. The molecule has 0 amide bonds. The molecule has 4 nitrogen and oxygen atoms in total. The first-order valence-electron chi connectivity index (χ1n) is 7.18. The summed E-state index contributed by atoms with van der Waals surface area (Å²) in [6.45, 7) is 2.63. The number of rotatable bonds is 4. The number of nitrogens with two attached hydrogens (primary N) is 1. The maximum atomic E-state index is 6.20. The number of nitrogen functional groups attached to an aromatic ring is 1. The topological polar surface area (TPSA) is 53.1 Å². The van der Waals surface area contributed by atoms with Crippen molar-refractivity contribution in [3.05, 3.63) is 18.2 Å². The molecule has 1 aliphatic carbocycles. The smallest absolute Gasteiger partial charge is 0.201 e. The van der Waals surface area contributed by atoms with Crippen molar-refractivity contribution in [2.45, 2.75) is 37.5 Å². The molecule has 1 aromatic heterocycles. The number of fused-ring (bicyclic) bond motifs is 1. The fourth-order valence-electron chi connectivity index (χ4n) is 3.21. The molecule has 2 aromatic rings. The third kappa shape index (κ3) is 2.14. The second kappa shape index (κ2) is 5.56. The number of para-hydroxylation sites is 1. The molecule has 2 atom stereocenters. The quantitative estimate of drug-likeness (QED) is 0.937. The van der Waals surface area contributed by atoms with Crippen LogP contribution in [0.4, 0.5) is 5.95 Å². The van der Waals surface area contributed by atoms with Gasteiger partial charge in [0.05, 0.1) is 12.1 Å². The van der Waals surface area contributed by atoms with Crippen LogP contribution in [-0.2, 0) is 0 Å². The molecule has 2 unspecified atom stereocenters. The number of aromatic nitrogens is 2. The number of nitrogens with zero attached hydrogens (tertiary/aromatic N) is 2. The zero-order valence-electron chi connectivity index (χ0n) is 12.0. The van der Waals surface area contributed by atoms with E-state index in [0.717, 1.165) is 16.8 Å². The third-order valence-electron chi connectivity index (χ3n) is 4.06. The van der Waals surface area contributed by atoms with Gasteiger partial charge in [-0.15, -0.1) is 0 Å². The zero-order valence-corrected chi connectivity index (χ0v) is 12.8. The Kier molecular flexibility index (Phi) is 3.78. The third-order valence-corrected chi connectivity index (χ3v) is 5.22. The number of hydrogen-bond acceptors (Lipinski definition) is 4. The highest BCUT2D eigenvalue weighted by molar-refractivity contribution is 7.99. The van der Waals surface area contributed by atoms with Crippen LogP contribution in [0.3, 0.4) is 0 Å². The van der Waals surface area contributed by atoms with Crippen LogP contribution in [0.25, 0.3) is 11.0 Å². The molecule has 0 bridgehead atoms. The van der Waals surface area contributed by atoms with Gasteiger partial charge in [0.25, 0.3) is 0 Å². The summed E-state index contributed by atoms with van der Waals surface area (Å²) < 4.78 is 7.88. The first kappa shape index (κ1) is 13.6. The zero-order chi connectivity index (χ0) is 14.1. The largest absolute Gasteiger partial charge is 0.492 e. The molecule has 2 N–H and O–H groups in total. The van der Waals surface area contributed by atoms with Gasteiger partial charge in [0.1, 0.15) is 11.3 Å². The van der Waals surface area contributed by atoms with Crippen molar-refractivity contribution in [3.8, 4) is 5.75 Å². The molecule has 1 saturated carbocycles. The Hall–Kier alpha value is -1.36. The molecule has 0 saturated heterocycles. The summed E-state index contributed by atoms with van der Waals surface area (Å²) in [7, 11) is 0. The lowest BCUT2D eigenvalue weighted by Crippen LogP contribution is -2.17. The lowest BCUT2D eigenvalue weighted by molar-refractivity contribution is 0.343. The van der Waals surface area contributed by atoms with Crippen LogP contribution in [0.15, 0.2) is 18.2 Å².